The topological polar surface area (TPSA) is 62.3 Å². The third kappa shape index (κ3) is 3.37. The Morgan fingerprint density at radius 3 is 1.86 bits per heavy atom. The Balaban J connectivity index is 1.75. The SMILES string of the molecule is COc1ccccc1N(C(=O)N1C[C@H]2CC[C@@H](C1)N2C=O)c1ccccc1OC. The molecule has 3 amide bonds. The minimum atomic E-state index is -0.151. The van der Waals surface area contributed by atoms with Crippen LogP contribution in [0.3, 0.4) is 0 Å². The van der Waals surface area contributed by atoms with E-state index in [1.165, 1.54) is 0 Å². The number of ether oxygens (including phenoxy) is 2. The van der Waals surface area contributed by atoms with Gasteiger partial charge in [0.2, 0.25) is 6.41 Å². The molecule has 0 spiro atoms. The van der Waals surface area contributed by atoms with Crippen molar-refractivity contribution in [1.29, 1.82) is 0 Å². The molecule has 2 bridgehead atoms. The third-order valence-corrected chi connectivity index (χ3v) is 5.77. The summed E-state index contributed by atoms with van der Waals surface area (Å²) in [6, 6.07) is 14.9. The smallest absolute Gasteiger partial charge is 0.329 e. The third-order valence-electron chi connectivity index (χ3n) is 5.77. The number of urea groups is 1. The van der Waals surface area contributed by atoms with E-state index in [9.17, 15) is 9.59 Å². The average Bonchev–Trinajstić information content (AvgIpc) is 3.01. The molecule has 2 aromatic rings. The maximum absolute atomic E-state index is 13.8. The zero-order valence-corrected chi connectivity index (χ0v) is 16.7. The molecule has 2 aliphatic rings. The number of nitrogens with zero attached hydrogens (tertiary/aromatic N) is 3. The Kier molecular flexibility index (Phi) is 5.29. The molecule has 29 heavy (non-hydrogen) atoms. The van der Waals surface area contributed by atoms with Crippen molar-refractivity contribution in [3.8, 4) is 11.5 Å². The lowest BCUT2D eigenvalue weighted by Gasteiger charge is -2.41. The summed E-state index contributed by atoms with van der Waals surface area (Å²) >= 11 is 0. The molecule has 0 saturated carbocycles. The number of para-hydroxylation sites is 4. The van der Waals surface area contributed by atoms with E-state index in [2.05, 4.69) is 0 Å². The second-order valence-corrected chi connectivity index (χ2v) is 7.30. The highest BCUT2D eigenvalue weighted by Gasteiger charge is 2.42. The highest BCUT2D eigenvalue weighted by molar-refractivity contribution is 6.02. The Morgan fingerprint density at radius 1 is 0.931 bits per heavy atom. The highest BCUT2D eigenvalue weighted by atomic mass is 16.5. The molecule has 2 saturated heterocycles. The van der Waals surface area contributed by atoms with Crippen LogP contribution in [-0.4, -0.2) is 61.6 Å². The number of carbonyl (C=O) groups excluding carboxylic acids is 2. The summed E-state index contributed by atoms with van der Waals surface area (Å²) in [7, 11) is 3.18. The van der Waals surface area contributed by atoms with Crippen molar-refractivity contribution in [2.24, 2.45) is 0 Å². The molecule has 0 aliphatic carbocycles. The number of hydrogen-bond acceptors (Lipinski definition) is 4. The molecular formula is C22H25N3O4. The van der Waals surface area contributed by atoms with Crippen molar-refractivity contribution in [2.45, 2.75) is 24.9 Å². The van der Waals surface area contributed by atoms with Crippen molar-refractivity contribution in [2.75, 3.05) is 32.2 Å². The highest BCUT2D eigenvalue weighted by Crippen LogP contribution is 2.40. The molecule has 0 radical (unpaired) electrons. The maximum Gasteiger partial charge on any atom is 0.329 e. The lowest BCUT2D eigenvalue weighted by atomic mass is 10.2. The summed E-state index contributed by atoms with van der Waals surface area (Å²) in [5.74, 6) is 1.20. The molecule has 7 heteroatoms. The fraction of sp³-hybridized carbons (Fsp3) is 0.364. The van der Waals surface area contributed by atoms with E-state index in [0.29, 0.717) is 36.0 Å². The summed E-state index contributed by atoms with van der Waals surface area (Å²) < 4.78 is 11.1. The van der Waals surface area contributed by atoms with Gasteiger partial charge in [0.25, 0.3) is 0 Å². The van der Waals surface area contributed by atoms with Crippen LogP contribution in [0.5, 0.6) is 11.5 Å². The molecule has 2 heterocycles. The summed E-state index contributed by atoms with van der Waals surface area (Å²) in [6.45, 7) is 1.05. The fourth-order valence-electron chi connectivity index (χ4n) is 4.37. The van der Waals surface area contributed by atoms with Gasteiger partial charge in [0.1, 0.15) is 11.5 Å². The van der Waals surface area contributed by atoms with E-state index in [-0.39, 0.29) is 18.1 Å². The Morgan fingerprint density at radius 2 is 1.41 bits per heavy atom. The standard InChI is InChI=1S/C22H25N3O4/c1-28-20-9-5-3-7-18(20)25(19-8-4-6-10-21(19)29-2)22(27)23-13-16-11-12-17(14-23)24(16)15-26/h3-10,15-17H,11-14H2,1-2H3/t16-,17+. The number of hydrogen-bond donors (Lipinski definition) is 0. The molecule has 2 fully saturated rings. The second kappa shape index (κ2) is 8.03. The van der Waals surface area contributed by atoms with Crippen molar-refractivity contribution in [1.82, 2.24) is 9.80 Å². The number of methoxy groups -OCH3 is 2. The van der Waals surface area contributed by atoms with E-state index < -0.39 is 0 Å². The number of rotatable bonds is 5. The Labute approximate surface area is 170 Å². The number of amides is 3. The van der Waals surface area contributed by atoms with Gasteiger partial charge in [0.15, 0.2) is 0 Å². The second-order valence-electron chi connectivity index (χ2n) is 7.30. The summed E-state index contributed by atoms with van der Waals surface area (Å²) in [4.78, 5) is 30.5. The van der Waals surface area contributed by atoms with Crippen molar-refractivity contribution >= 4 is 23.8 Å². The van der Waals surface area contributed by atoms with Gasteiger partial charge in [-0.1, -0.05) is 24.3 Å². The lowest BCUT2D eigenvalue weighted by molar-refractivity contribution is -0.122. The number of fused-ring (bicyclic) bond motifs is 2. The van der Waals surface area contributed by atoms with E-state index in [4.69, 9.17) is 9.47 Å². The van der Waals surface area contributed by atoms with E-state index >= 15 is 0 Å². The minimum Gasteiger partial charge on any atom is -0.495 e. The first-order valence-corrected chi connectivity index (χ1v) is 9.75. The zero-order valence-electron chi connectivity index (χ0n) is 16.7. The first-order chi connectivity index (χ1) is 14.2. The molecule has 2 atom stereocenters. The van der Waals surface area contributed by atoms with Gasteiger partial charge in [-0.05, 0) is 37.1 Å². The first kappa shape index (κ1) is 19.1. The van der Waals surface area contributed by atoms with E-state index in [1.807, 2.05) is 58.3 Å². The maximum atomic E-state index is 13.8. The van der Waals surface area contributed by atoms with Crippen molar-refractivity contribution in [3.05, 3.63) is 48.5 Å². The predicted octanol–water partition coefficient (Wildman–Crippen LogP) is 3.27. The Bertz CT molecular complexity index is 842. The summed E-state index contributed by atoms with van der Waals surface area (Å²) in [5.41, 5.74) is 1.30. The average molecular weight is 395 g/mol. The number of benzene rings is 2. The Hall–Kier alpha value is -3.22. The zero-order chi connectivity index (χ0) is 20.4. The quantitative estimate of drug-likeness (QED) is 0.729. The van der Waals surface area contributed by atoms with Crippen LogP contribution in [0.25, 0.3) is 0 Å². The molecule has 0 unspecified atom stereocenters. The van der Waals surface area contributed by atoms with Crippen LogP contribution in [0.15, 0.2) is 48.5 Å². The molecule has 4 rings (SSSR count). The van der Waals surface area contributed by atoms with Crippen LogP contribution in [-0.2, 0) is 4.79 Å². The van der Waals surface area contributed by atoms with Gasteiger partial charge in [-0.15, -0.1) is 0 Å². The first-order valence-electron chi connectivity index (χ1n) is 9.75. The van der Waals surface area contributed by atoms with Crippen LogP contribution in [0, 0.1) is 0 Å². The van der Waals surface area contributed by atoms with Gasteiger partial charge in [-0.25, -0.2) is 4.79 Å². The number of likely N-dealkylation sites (tertiary alicyclic amines) is 1. The number of carbonyl (C=O) groups is 2. The van der Waals surface area contributed by atoms with E-state index in [0.717, 1.165) is 19.3 Å². The van der Waals surface area contributed by atoms with Gasteiger partial charge in [0.05, 0.1) is 25.6 Å². The number of anilines is 2. The van der Waals surface area contributed by atoms with Gasteiger partial charge < -0.3 is 19.3 Å². The monoisotopic (exact) mass is 395 g/mol. The van der Waals surface area contributed by atoms with Gasteiger partial charge in [-0.2, -0.15) is 0 Å². The van der Waals surface area contributed by atoms with Gasteiger partial charge in [-0.3, -0.25) is 9.69 Å². The van der Waals surface area contributed by atoms with E-state index in [1.54, 1.807) is 19.1 Å². The molecule has 2 aromatic carbocycles. The van der Waals surface area contributed by atoms with Crippen LogP contribution in [0.4, 0.5) is 16.2 Å². The van der Waals surface area contributed by atoms with Crippen molar-refractivity contribution < 1.29 is 19.1 Å². The molecule has 7 nitrogen and oxygen atoms in total. The van der Waals surface area contributed by atoms with Gasteiger partial charge >= 0.3 is 6.03 Å². The molecule has 152 valence electrons. The van der Waals surface area contributed by atoms with Crippen LogP contribution in [0.1, 0.15) is 12.8 Å². The minimum absolute atomic E-state index is 0.0763. The molecule has 0 aromatic heterocycles. The predicted molar refractivity (Wildman–Crippen MR) is 110 cm³/mol. The van der Waals surface area contributed by atoms with Crippen LogP contribution >= 0.6 is 0 Å². The number of piperazine rings is 1. The molecule has 2 aliphatic heterocycles. The van der Waals surface area contributed by atoms with Crippen LogP contribution in [0.2, 0.25) is 0 Å². The normalized spacial score (nSPS) is 20.3. The largest absolute Gasteiger partial charge is 0.495 e. The van der Waals surface area contributed by atoms with Crippen LogP contribution < -0.4 is 14.4 Å². The summed E-state index contributed by atoms with van der Waals surface area (Å²) in [5, 5.41) is 0. The lowest BCUT2D eigenvalue weighted by Crippen LogP contribution is -2.57. The van der Waals surface area contributed by atoms with Crippen molar-refractivity contribution in [3.63, 3.8) is 0 Å². The summed E-state index contributed by atoms with van der Waals surface area (Å²) in [6.07, 6.45) is 2.77. The van der Waals surface area contributed by atoms with Gasteiger partial charge in [0, 0.05) is 25.2 Å². The fourth-order valence-corrected chi connectivity index (χ4v) is 4.37. The molecular weight excluding hydrogens is 370 g/mol. The molecule has 0 N–H and O–H groups in total.